The van der Waals surface area contributed by atoms with Gasteiger partial charge in [-0.25, -0.2) is 4.98 Å². The highest BCUT2D eigenvalue weighted by atomic mass is 16.5. The predicted octanol–water partition coefficient (Wildman–Crippen LogP) is 2.59. The van der Waals surface area contributed by atoms with Crippen LogP contribution in [0.4, 0.5) is 5.82 Å². The molecule has 0 saturated heterocycles. The van der Waals surface area contributed by atoms with E-state index in [0.29, 0.717) is 25.6 Å². The Hall–Kier alpha value is -2.93. The smallest absolute Gasteiger partial charge is 0.135 e. The minimum atomic E-state index is 0.488. The van der Waals surface area contributed by atoms with Gasteiger partial charge in [0.05, 0.1) is 29.7 Å². The quantitative estimate of drug-likeness (QED) is 0.551. The largest absolute Gasteiger partial charge is 0.383 e. The molecule has 0 radical (unpaired) electrons. The molecule has 4 aromatic rings. The molecule has 0 amide bonds. The van der Waals surface area contributed by atoms with E-state index in [0.717, 1.165) is 33.1 Å². The van der Waals surface area contributed by atoms with Crippen LogP contribution in [-0.4, -0.2) is 38.2 Å². The van der Waals surface area contributed by atoms with E-state index < -0.39 is 0 Å². The van der Waals surface area contributed by atoms with Crippen molar-refractivity contribution < 1.29 is 4.74 Å². The number of hydrogen-bond donors (Lipinski definition) is 2. The first-order valence-electron chi connectivity index (χ1n) is 7.90. The number of ether oxygens (including phenoxy) is 1. The molecule has 3 heterocycles. The summed E-state index contributed by atoms with van der Waals surface area (Å²) in [5, 5.41) is 13.5. The first kappa shape index (κ1) is 14.6. The molecule has 7 heteroatoms. The van der Waals surface area contributed by atoms with E-state index in [2.05, 4.69) is 20.3 Å². The number of nitrogens with one attached hydrogen (secondary N) is 1. The van der Waals surface area contributed by atoms with Crippen LogP contribution in [-0.2, 0) is 11.3 Å². The zero-order chi connectivity index (χ0) is 16.5. The summed E-state index contributed by atoms with van der Waals surface area (Å²) in [6, 6.07) is 7.98. The molecular formula is C17H18N6O. The number of pyridine rings is 1. The molecule has 0 atom stereocenters. The van der Waals surface area contributed by atoms with Gasteiger partial charge in [-0.3, -0.25) is 9.78 Å². The Labute approximate surface area is 138 Å². The van der Waals surface area contributed by atoms with Crippen molar-refractivity contribution in [3.63, 3.8) is 0 Å². The predicted molar refractivity (Wildman–Crippen MR) is 93.5 cm³/mol. The van der Waals surface area contributed by atoms with Gasteiger partial charge in [0.2, 0.25) is 0 Å². The molecule has 0 aliphatic heterocycles. The van der Waals surface area contributed by atoms with Gasteiger partial charge >= 0.3 is 0 Å². The van der Waals surface area contributed by atoms with Crippen LogP contribution >= 0.6 is 0 Å². The molecule has 4 rings (SSSR count). The minimum absolute atomic E-state index is 0.488. The number of rotatable bonds is 5. The number of hydrogen-bond acceptors (Lipinski definition) is 5. The van der Waals surface area contributed by atoms with E-state index in [4.69, 9.17) is 10.5 Å². The molecule has 0 saturated carbocycles. The molecule has 24 heavy (non-hydrogen) atoms. The summed E-state index contributed by atoms with van der Waals surface area (Å²) in [7, 11) is 0. The molecule has 1 aromatic carbocycles. The standard InChI is InChI=1S/C17H18N6O/c1-2-24-8-7-23-10-13-16(22-23)12-4-3-11(14-5-6-19-21-14)9-15(12)20-17(13)18/h3-6,9-10H,2,7-8H2,1H3,(H2,18,20)(H,19,21). The first-order chi connectivity index (χ1) is 11.8. The fourth-order valence-electron chi connectivity index (χ4n) is 2.82. The molecule has 0 spiro atoms. The topological polar surface area (TPSA) is 94.6 Å². The third-order valence-electron chi connectivity index (χ3n) is 4.01. The lowest BCUT2D eigenvalue weighted by Crippen LogP contribution is -2.05. The number of H-pyrrole nitrogens is 1. The molecule has 0 fully saturated rings. The molecule has 0 aliphatic rings. The molecule has 0 bridgehead atoms. The van der Waals surface area contributed by atoms with Gasteiger partial charge in [-0.05, 0) is 25.1 Å². The van der Waals surface area contributed by atoms with Crippen LogP contribution in [0, 0.1) is 0 Å². The summed E-state index contributed by atoms with van der Waals surface area (Å²) in [5.41, 5.74) is 9.79. The zero-order valence-electron chi connectivity index (χ0n) is 13.4. The number of nitrogens with zero attached hydrogens (tertiary/aromatic N) is 4. The van der Waals surface area contributed by atoms with Gasteiger partial charge in [-0.2, -0.15) is 10.2 Å². The molecule has 122 valence electrons. The second kappa shape index (κ2) is 5.93. The highest BCUT2D eigenvalue weighted by Gasteiger charge is 2.12. The van der Waals surface area contributed by atoms with E-state index in [-0.39, 0.29) is 0 Å². The van der Waals surface area contributed by atoms with E-state index in [1.54, 1.807) is 6.20 Å². The Bertz CT molecular complexity index is 989. The van der Waals surface area contributed by atoms with Crippen molar-refractivity contribution in [1.29, 1.82) is 0 Å². The van der Waals surface area contributed by atoms with Gasteiger partial charge in [0, 0.05) is 30.0 Å². The fourth-order valence-corrected chi connectivity index (χ4v) is 2.82. The number of nitrogen functional groups attached to an aromatic ring is 1. The van der Waals surface area contributed by atoms with E-state index in [9.17, 15) is 0 Å². The van der Waals surface area contributed by atoms with Crippen molar-refractivity contribution in [2.45, 2.75) is 13.5 Å². The van der Waals surface area contributed by atoms with Crippen LogP contribution in [0.5, 0.6) is 0 Å². The summed E-state index contributed by atoms with van der Waals surface area (Å²) in [4.78, 5) is 4.54. The third-order valence-corrected chi connectivity index (χ3v) is 4.01. The normalized spacial score (nSPS) is 11.5. The van der Waals surface area contributed by atoms with Crippen molar-refractivity contribution in [3.8, 4) is 11.3 Å². The lowest BCUT2D eigenvalue weighted by molar-refractivity contribution is 0.136. The number of fused-ring (bicyclic) bond motifs is 3. The Morgan fingerprint density at radius 2 is 2.17 bits per heavy atom. The van der Waals surface area contributed by atoms with Crippen molar-refractivity contribution in [1.82, 2.24) is 25.0 Å². The average molecular weight is 322 g/mol. The van der Waals surface area contributed by atoms with E-state index in [1.165, 1.54) is 0 Å². The monoisotopic (exact) mass is 322 g/mol. The number of benzene rings is 1. The number of aromatic amines is 1. The molecule has 0 unspecified atom stereocenters. The summed E-state index contributed by atoms with van der Waals surface area (Å²) in [6.45, 7) is 3.99. The first-order valence-corrected chi connectivity index (χ1v) is 7.90. The van der Waals surface area contributed by atoms with Crippen molar-refractivity contribution >= 4 is 27.6 Å². The zero-order valence-corrected chi connectivity index (χ0v) is 13.4. The Morgan fingerprint density at radius 1 is 1.25 bits per heavy atom. The average Bonchev–Trinajstić information content (AvgIpc) is 3.25. The van der Waals surface area contributed by atoms with Gasteiger partial charge in [0.1, 0.15) is 11.3 Å². The maximum Gasteiger partial charge on any atom is 0.135 e. The van der Waals surface area contributed by atoms with Crippen LogP contribution in [0.2, 0.25) is 0 Å². The molecular weight excluding hydrogens is 304 g/mol. The summed E-state index contributed by atoms with van der Waals surface area (Å²) in [5.74, 6) is 0.488. The number of nitrogens with two attached hydrogens (primary N) is 1. The van der Waals surface area contributed by atoms with E-state index in [1.807, 2.05) is 42.1 Å². The Balaban J connectivity index is 1.81. The van der Waals surface area contributed by atoms with Crippen LogP contribution in [0.15, 0.2) is 36.7 Å². The van der Waals surface area contributed by atoms with E-state index >= 15 is 0 Å². The van der Waals surface area contributed by atoms with Crippen molar-refractivity contribution in [2.75, 3.05) is 18.9 Å². The highest BCUT2D eigenvalue weighted by Crippen LogP contribution is 2.29. The van der Waals surface area contributed by atoms with Crippen LogP contribution in [0.1, 0.15) is 6.92 Å². The summed E-state index contributed by atoms with van der Waals surface area (Å²) in [6.07, 6.45) is 3.66. The summed E-state index contributed by atoms with van der Waals surface area (Å²) < 4.78 is 7.25. The minimum Gasteiger partial charge on any atom is -0.383 e. The van der Waals surface area contributed by atoms with Crippen molar-refractivity contribution in [3.05, 3.63) is 36.7 Å². The third kappa shape index (κ3) is 2.48. The second-order valence-electron chi connectivity index (χ2n) is 5.55. The fraction of sp³-hybridized carbons (Fsp3) is 0.235. The van der Waals surface area contributed by atoms with Crippen molar-refractivity contribution in [2.24, 2.45) is 0 Å². The van der Waals surface area contributed by atoms with Gasteiger partial charge < -0.3 is 10.5 Å². The number of anilines is 1. The molecule has 7 nitrogen and oxygen atoms in total. The maximum absolute atomic E-state index is 6.14. The Kier molecular flexibility index (Phi) is 3.62. The van der Waals surface area contributed by atoms with Crippen LogP contribution < -0.4 is 5.73 Å². The lowest BCUT2D eigenvalue weighted by Gasteiger charge is -2.03. The molecule has 3 aromatic heterocycles. The molecule has 0 aliphatic carbocycles. The Morgan fingerprint density at radius 3 is 2.96 bits per heavy atom. The van der Waals surface area contributed by atoms with Gasteiger partial charge in [-0.15, -0.1) is 0 Å². The maximum atomic E-state index is 6.14. The summed E-state index contributed by atoms with van der Waals surface area (Å²) >= 11 is 0. The van der Waals surface area contributed by atoms with Gasteiger partial charge in [0.25, 0.3) is 0 Å². The van der Waals surface area contributed by atoms with Crippen LogP contribution in [0.25, 0.3) is 33.1 Å². The second-order valence-corrected chi connectivity index (χ2v) is 5.55. The van der Waals surface area contributed by atoms with Gasteiger partial charge in [-0.1, -0.05) is 6.07 Å². The van der Waals surface area contributed by atoms with Gasteiger partial charge in [0.15, 0.2) is 0 Å². The number of aromatic nitrogens is 5. The highest BCUT2D eigenvalue weighted by molar-refractivity contribution is 6.08. The SMILES string of the molecule is CCOCCn1cc2c(N)nc3cc(-c4ccn[nH]4)ccc3c2n1. The molecule has 3 N–H and O–H groups in total. The lowest BCUT2D eigenvalue weighted by atomic mass is 10.1. The van der Waals surface area contributed by atoms with Crippen LogP contribution in [0.3, 0.4) is 0 Å².